The lowest BCUT2D eigenvalue weighted by Gasteiger charge is -2.19. The minimum atomic E-state index is -0.363. The van der Waals surface area contributed by atoms with Crippen LogP contribution in [0.5, 0.6) is 0 Å². The zero-order valence-corrected chi connectivity index (χ0v) is 29.4. The highest BCUT2D eigenvalue weighted by molar-refractivity contribution is 5.79. The summed E-state index contributed by atoms with van der Waals surface area (Å²) < 4.78 is 22.1. The maximum absolute atomic E-state index is 12.6. The topological polar surface area (TPSA) is 74.3 Å². The fourth-order valence-corrected chi connectivity index (χ4v) is 6.25. The van der Waals surface area contributed by atoms with Gasteiger partial charge in [-0.3, -0.25) is 4.79 Å². The standard InChI is InChI=1S/C40H61NO6/c1-3-4-5-6-7-8-9-10-11-12-13-14-15-16-17-26-39(42)46-32-31-45-30-29-44-28-27-41(2)40(43)47-33-38-36-24-20-18-22-34(36)35-23-19-21-25-37(35)38/h18-25,38H,3-17,26-33H2,1-2H3. The molecule has 0 saturated carbocycles. The zero-order chi connectivity index (χ0) is 33.4. The van der Waals surface area contributed by atoms with Crippen molar-refractivity contribution in [3.63, 3.8) is 0 Å². The molecule has 3 rings (SSSR count). The molecule has 0 N–H and O–H groups in total. The maximum atomic E-state index is 12.6. The summed E-state index contributed by atoms with van der Waals surface area (Å²) in [5, 5.41) is 0. The Morgan fingerprint density at radius 2 is 1.06 bits per heavy atom. The van der Waals surface area contributed by atoms with Crippen molar-refractivity contribution in [2.75, 3.05) is 53.2 Å². The van der Waals surface area contributed by atoms with E-state index in [4.69, 9.17) is 18.9 Å². The van der Waals surface area contributed by atoms with E-state index < -0.39 is 0 Å². The van der Waals surface area contributed by atoms with Crippen LogP contribution >= 0.6 is 0 Å². The minimum absolute atomic E-state index is 0.0429. The minimum Gasteiger partial charge on any atom is -0.463 e. The third-order valence-corrected chi connectivity index (χ3v) is 9.07. The Hall–Kier alpha value is -2.90. The summed E-state index contributed by atoms with van der Waals surface area (Å²) in [7, 11) is 1.71. The first-order valence-corrected chi connectivity index (χ1v) is 18.5. The molecule has 0 bridgehead atoms. The largest absolute Gasteiger partial charge is 0.463 e. The summed E-state index contributed by atoms with van der Waals surface area (Å²) in [6.07, 6.45) is 19.8. The summed E-state index contributed by atoms with van der Waals surface area (Å²) >= 11 is 0. The lowest BCUT2D eigenvalue weighted by molar-refractivity contribution is -0.145. The van der Waals surface area contributed by atoms with Gasteiger partial charge in [0.15, 0.2) is 0 Å². The predicted octanol–water partition coefficient (Wildman–Crippen LogP) is 9.71. The number of likely N-dealkylation sites (N-methyl/N-ethyl adjacent to an activating group) is 1. The van der Waals surface area contributed by atoms with Gasteiger partial charge in [-0.15, -0.1) is 0 Å². The van der Waals surface area contributed by atoms with Gasteiger partial charge in [-0.05, 0) is 28.7 Å². The van der Waals surface area contributed by atoms with Crippen molar-refractivity contribution in [2.24, 2.45) is 0 Å². The van der Waals surface area contributed by atoms with Gasteiger partial charge in [0.2, 0.25) is 0 Å². The molecule has 47 heavy (non-hydrogen) atoms. The van der Waals surface area contributed by atoms with Crippen LogP contribution in [-0.4, -0.2) is 70.2 Å². The Kier molecular flexibility index (Phi) is 19.9. The smallest absolute Gasteiger partial charge is 0.409 e. The van der Waals surface area contributed by atoms with Crippen LogP contribution in [0.1, 0.15) is 127 Å². The molecule has 2 aromatic rings. The number of unbranched alkanes of at least 4 members (excludes halogenated alkanes) is 14. The number of fused-ring (bicyclic) bond motifs is 3. The van der Waals surface area contributed by atoms with Gasteiger partial charge >= 0.3 is 12.1 Å². The number of carbonyl (C=O) groups excluding carboxylic acids is 2. The molecule has 0 spiro atoms. The summed E-state index contributed by atoms with van der Waals surface area (Å²) in [4.78, 5) is 26.1. The number of amides is 1. The van der Waals surface area contributed by atoms with Crippen LogP contribution in [0, 0.1) is 0 Å². The lowest BCUT2D eigenvalue weighted by atomic mass is 9.98. The van der Waals surface area contributed by atoms with E-state index in [1.165, 1.54) is 111 Å². The first-order valence-electron chi connectivity index (χ1n) is 18.5. The number of hydrogen-bond donors (Lipinski definition) is 0. The molecule has 0 atom stereocenters. The van der Waals surface area contributed by atoms with E-state index in [0.717, 1.165) is 12.8 Å². The third-order valence-electron chi connectivity index (χ3n) is 9.07. The maximum Gasteiger partial charge on any atom is 0.409 e. The number of carbonyl (C=O) groups is 2. The van der Waals surface area contributed by atoms with Gasteiger partial charge in [0.25, 0.3) is 0 Å². The second-order valence-corrected chi connectivity index (χ2v) is 12.9. The van der Waals surface area contributed by atoms with E-state index in [-0.39, 0.29) is 24.6 Å². The normalized spacial score (nSPS) is 12.1. The summed E-state index contributed by atoms with van der Waals surface area (Å²) in [5.41, 5.74) is 4.81. The van der Waals surface area contributed by atoms with Crippen molar-refractivity contribution < 1.29 is 28.5 Å². The molecule has 1 aliphatic carbocycles. The highest BCUT2D eigenvalue weighted by atomic mass is 16.6. The molecule has 7 nitrogen and oxygen atoms in total. The third kappa shape index (κ3) is 15.2. The van der Waals surface area contributed by atoms with Crippen LogP contribution in [0.25, 0.3) is 11.1 Å². The molecule has 0 aromatic heterocycles. The molecule has 1 aliphatic rings. The lowest BCUT2D eigenvalue weighted by Crippen LogP contribution is -2.32. The molecule has 7 heteroatoms. The fourth-order valence-electron chi connectivity index (χ4n) is 6.25. The molecule has 0 radical (unpaired) electrons. The van der Waals surface area contributed by atoms with Crippen molar-refractivity contribution in [1.29, 1.82) is 0 Å². The van der Waals surface area contributed by atoms with Gasteiger partial charge in [-0.2, -0.15) is 0 Å². The predicted molar refractivity (Wildman–Crippen MR) is 190 cm³/mol. The van der Waals surface area contributed by atoms with E-state index >= 15 is 0 Å². The molecule has 0 fully saturated rings. The van der Waals surface area contributed by atoms with Crippen LogP contribution in [0.4, 0.5) is 4.79 Å². The van der Waals surface area contributed by atoms with Crippen LogP contribution in [-0.2, 0) is 23.7 Å². The quantitative estimate of drug-likeness (QED) is 0.0707. The number of rotatable bonds is 27. The molecule has 1 amide bonds. The van der Waals surface area contributed by atoms with Gasteiger partial charge < -0.3 is 23.8 Å². The molecule has 0 unspecified atom stereocenters. The van der Waals surface area contributed by atoms with Crippen LogP contribution < -0.4 is 0 Å². The molecule has 262 valence electrons. The molecule has 0 aliphatic heterocycles. The summed E-state index contributed by atoms with van der Waals surface area (Å²) in [5.74, 6) is -0.0999. The highest BCUT2D eigenvalue weighted by Crippen LogP contribution is 2.44. The van der Waals surface area contributed by atoms with Crippen molar-refractivity contribution in [3.8, 4) is 11.1 Å². The zero-order valence-electron chi connectivity index (χ0n) is 29.4. The number of benzene rings is 2. The fraction of sp³-hybridized carbons (Fsp3) is 0.650. The van der Waals surface area contributed by atoms with Gasteiger partial charge in [0.05, 0.1) is 26.4 Å². The van der Waals surface area contributed by atoms with Crippen LogP contribution in [0.15, 0.2) is 48.5 Å². The van der Waals surface area contributed by atoms with Crippen molar-refractivity contribution >= 4 is 12.1 Å². The number of esters is 1. The van der Waals surface area contributed by atoms with E-state index in [1.807, 2.05) is 24.3 Å². The van der Waals surface area contributed by atoms with E-state index in [0.29, 0.717) is 46.0 Å². The SMILES string of the molecule is CCCCCCCCCCCCCCCCCC(=O)OCCOCCOCCN(C)C(=O)OCC1c2ccccc2-c2ccccc21. The number of hydrogen-bond acceptors (Lipinski definition) is 6. The molecule has 2 aromatic carbocycles. The second kappa shape index (κ2) is 24.3. The average Bonchev–Trinajstić information content (AvgIpc) is 3.41. The Morgan fingerprint density at radius 3 is 1.62 bits per heavy atom. The van der Waals surface area contributed by atoms with E-state index in [1.54, 1.807) is 7.05 Å². The van der Waals surface area contributed by atoms with E-state index in [9.17, 15) is 9.59 Å². The van der Waals surface area contributed by atoms with Crippen molar-refractivity contribution in [2.45, 2.75) is 116 Å². The Bertz CT molecular complexity index is 1090. The summed E-state index contributed by atoms with van der Waals surface area (Å²) in [6, 6.07) is 16.6. The number of ether oxygens (including phenoxy) is 4. The number of nitrogens with zero attached hydrogens (tertiary/aromatic N) is 1. The molecular weight excluding hydrogens is 590 g/mol. The van der Waals surface area contributed by atoms with Crippen molar-refractivity contribution in [3.05, 3.63) is 59.7 Å². The van der Waals surface area contributed by atoms with Gasteiger partial charge in [0, 0.05) is 25.9 Å². The first-order chi connectivity index (χ1) is 23.1. The highest BCUT2D eigenvalue weighted by Gasteiger charge is 2.29. The summed E-state index contributed by atoms with van der Waals surface area (Å²) in [6.45, 7) is 4.82. The first kappa shape index (κ1) is 38.5. The Labute approximate surface area is 284 Å². The van der Waals surface area contributed by atoms with Crippen LogP contribution in [0.3, 0.4) is 0 Å². The van der Waals surface area contributed by atoms with Gasteiger partial charge in [0.1, 0.15) is 13.2 Å². The second-order valence-electron chi connectivity index (χ2n) is 12.9. The molecular formula is C40H61NO6. The van der Waals surface area contributed by atoms with Crippen LogP contribution in [0.2, 0.25) is 0 Å². The van der Waals surface area contributed by atoms with Gasteiger partial charge in [-0.1, -0.05) is 145 Å². The average molecular weight is 652 g/mol. The van der Waals surface area contributed by atoms with E-state index in [2.05, 4.69) is 31.2 Å². The van der Waals surface area contributed by atoms with Gasteiger partial charge in [-0.25, -0.2) is 4.79 Å². The molecule has 0 heterocycles. The Morgan fingerprint density at radius 1 is 0.596 bits per heavy atom. The Balaban J connectivity index is 1.07. The van der Waals surface area contributed by atoms with Crippen molar-refractivity contribution in [1.82, 2.24) is 4.90 Å². The molecule has 0 saturated heterocycles. The monoisotopic (exact) mass is 651 g/mol.